The Hall–Kier alpha value is -2.21. The van der Waals surface area contributed by atoms with Crippen molar-refractivity contribution in [1.29, 1.82) is 0 Å². The average molecular weight is 272 g/mol. The van der Waals surface area contributed by atoms with Crippen LogP contribution in [0.3, 0.4) is 0 Å². The molecule has 20 heavy (non-hydrogen) atoms. The molecular weight excluding hydrogens is 256 g/mol. The molecule has 0 saturated carbocycles. The molecule has 1 atom stereocenters. The number of aryl methyl sites for hydroxylation is 1. The second kappa shape index (κ2) is 5.42. The summed E-state index contributed by atoms with van der Waals surface area (Å²) in [5.74, 6) is 0.166. The predicted octanol–water partition coefficient (Wildman–Crippen LogP) is 1.16. The van der Waals surface area contributed by atoms with Crippen molar-refractivity contribution in [3.05, 3.63) is 47.6 Å². The number of hydrogen-bond acceptors (Lipinski definition) is 5. The van der Waals surface area contributed by atoms with Crippen molar-refractivity contribution in [2.24, 2.45) is 0 Å². The van der Waals surface area contributed by atoms with Crippen LogP contribution in [-0.4, -0.2) is 40.6 Å². The molecule has 1 amide bonds. The van der Waals surface area contributed by atoms with Gasteiger partial charge in [-0.05, 0) is 18.6 Å². The Balaban J connectivity index is 1.87. The van der Waals surface area contributed by atoms with Gasteiger partial charge in [-0.15, -0.1) is 0 Å². The van der Waals surface area contributed by atoms with Gasteiger partial charge in [0, 0.05) is 38.1 Å². The molecule has 0 aliphatic carbocycles. The molecular formula is C14H16N4O2. The van der Waals surface area contributed by atoms with Gasteiger partial charge in [-0.1, -0.05) is 11.2 Å². The molecule has 1 aliphatic rings. The first kappa shape index (κ1) is 12.8. The SMILES string of the molecule is Cc1cc(C(=O)N2CCNCC2c2cccnc2)on1. The van der Waals surface area contributed by atoms with Crippen molar-refractivity contribution in [2.75, 3.05) is 19.6 Å². The number of carbonyl (C=O) groups excluding carboxylic acids is 1. The van der Waals surface area contributed by atoms with E-state index in [9.17, 15) is 4.79 Å². The standard InChI is InChI=1S/C14H16N4O2/c1-10-7-13(20-17-10)14(19)18-6-5-16-9-12(18)11-3-2-4-15-8-11/h2-4,7-8,12,16H,5-6,9H2,1H3. The smallest absolute Gasteiger partial charge is 0.293 e. The van der Waals surface area contributed by atoms with Crippen LogP contribution in [0.2, 0.25) is 0 Å². The van der Waals surface area contributed by atoms with Gasteiger partial charge in [-0.25, -0.2) is 0 Å². The lowest BCUT2D eigenvalue weighted by atomic mass is 10.0. The first-order valence-corrected chi connectivity index (χ1v) is 6.60. The Morgan fingerprint density at radius 1 is 1.55 bits per heavy atom. The van der Waals surface area contributed by atoms with Crippen molar-refractivity contribution in [3.8, 4) is 0 Å². The summed E-state index contributed by atoms with van der Waals surface area (Å²) in [6.07, 6.45) is 3.52. The molecule has 0 aromatic carbocycles. The van der Waals surface area contributed by atoms with Gasteiger partial charge in [0.05, 0.1) is 11.7 Å². The highest BCUT2D eigenvalue weighted by atomic mass is 16.5. The summed E-state index contributed by atoms with van der Waals surface area (Å²) in [5, 5.41) is 7.09. The third-order valence-electron chi connectivity index (χ3n) is 3.41. The summed E-state index contributed by atoms with van der Waals surface area (Å²) < 4.78 is 5.09. The van der Waals surface area contributed by atoms with Gasteiger partial charge < -0.3 is 14.7 Å². The van der Waals surface area contributed by atoms with E-state index in [0.29, 0.717) is 24.5 Å². The summed E-state index contributed by atoms with van der Waals surface area (Å²) in [4.78, 5) is 18.5. The minimum atomic E-state index is -0.124. The van der Waals surface area contributed by atoms with E-state index in [-0.39, 0.29) is 11.9 Å². The third kappa shape index (κ3) is 2.42. The molecule has 6 nitrogen and oxygen atoms in total. The van der Waals surface area contributed by atoms with Crippen LogP contribution in [0.25, 0.3) is 0 Å². The van der Waals surface area contributed by atoms with Crippen LogP contribution in [0, 0.1) is 6.92 Å². The van der Waals surface area contributed by atoms with Gasteiger partial charge >= 0.3 is 0 Å². The number of rotatable bonds is 2. The van der Waals surface area contributed by atoms with Crippen LogP contribution in [0.5, 0.6) is 0 Å². The van der Waals surface area contributed by atoms with Crippen molar-refractivity contribution < 1.29 is 9.32 Å². The maximum atomic E-state index is 12.5. The number of aromatic nitrogens is 2. The third-order valence-corrected chi connectivity index (χ3v) is 3.41. The molecule has 6 heteroatoms. The number of amides is 1. The highest BCUT2D eigenvalue weighted by Crippen LogP contribution is 2.23. The molecule has 3 rings (SSSR count). The fourth-order valence-electron chi connectivity index (χ4n) is 2.42. The van der Waals surface area contributed by atoms with E-state index in [1.54, 1.807) is 25.4 Å². The minimum Gasteiger partial charge on any atom is -0.351 e. The van der Waals surface area contributed by atoms with E-state index in [4.69, 9.17) is 4.52 Å². The van der Waals surface area contributed by atoms with Crippen molar-refractivity contribution in [3.63, 3.8) is 0 Å². The van der Waals surface area contributed by atoms with Gasteiger partial charge in [-0.2, -0.15) is 0 Å². The van der Waals surface area contributed by atoms with Gasteiger partial charge in [0.1, 0.15) is 0 Å². The van der Waals surface area contributed by atoms with E-state index in [1.807, 2.05) is 17.0 Å². The van der Waals surface area contributed by atoms with Crippen molar-refractivity contribution in [2.45, 2.75) is 13.0 Å². The second-order valence-corrected chi connectivity index (χ2v) is 4.84. The lowest BCUT2D eigenvalue weighted by Gasteiger charge is -2.35. The monoisotopic (exact) mass is 272 g/mol. The maximum Gasteiger partial charge on any atom is 0.293 e. The van der Waals surface area contributed by atoms with E-state index in [1.165, 1.54) is 0 Å². The highest BCUT2D eigenvalue weighted by molar-refractivity contribution is 5.91. The number of nitrogens with one attached hydrogen (secondary N) is 1. The van der Waals surface area contributed by atoms with Crippen LogP contribution in [-0.2, 0) is 0 Å². The Morgan fingerprint density at radius 2 is 2.45 bits per heavy atom. The van der Waals surface area contributed by atoms with E-state index in [0.717, 1.165) is 12.1 Å². The number of piperazine rings is 1. The van der Waals surface area contributed by atoms with Crippen molar-refractivity contribution in [1.82, 2.24) is 20.4 Å². The van der Waals surface area contributed by atoms with Crippen LogP contribution in [0.4, 0.5) is 0 Å². The molecule has 0 radical (unpaired) electrons. The summed E-state index contributed by atoms with van der Waals surface area (Å²) >= 11 is 0. The molecule has 3 heterocycles. The largest absolute Gasteiger partial charge is 0.351 e. The summed E-state index contributed by atoms with van der Waals surface area (Å²) in [6.45, 7) is 3.93. The maximum absolute atomic E-state index is 12.5. The van der Waals surface area contributed by atoms with E-state index in [2.05, 4.69) is 15.5 Å². The lowest BCUT2D eigenvalue weighted by Crippen LogP contribution is -2.48. The Labute approximate surface area is 116 Å². The molecule has 1 fully saturated rings. The average Bonchev–Trinajstić information content (AvgIpc) is 2.94. The zero-order valence-corrected chi connectivity index (χ0v) is 11.2. The molecule has 2 aromatic rings. The highest BCUT2D eigenvalue weighted by Gasteiger charge is 2.30. The molecule has 1 unspecified atom stereocenters. The summed E-state index contributed by atoms with van der Waals surface area (Å²) in [6, 6.07) is 5.50. The zero-order valence-electron chi connectivity index (χ0n) is 11.2. The molecule has 104 valence electrons. The predicted molar refractivity (Wildman–Crippen MR) is 72.1 cm³/mol. The summed E-state index contributed by atoms with van der Waals surface area (Å²) in [5.41, 5.74) is 1.73. The zero-order chi connectivity index (χ0) is 13.9. The van der Waals surface area contributed by atoms with Crippen molar-refractivity contribution >= 4 is 5.91 Å². The molecule has 1 saturated heterocycles. The second-order valence-electron chi connectivity index (χ2n) is 4.84. The van der Waals surface area contributed by atoms with Gasteiger partial charge in [-0.3, -0.25) is 9.78 Å². The fourth-order valence-corrected chi connectivity index (χ4v) is 2.42. The van der Waals surface area contributed by atoms with Gasteiger partial charge in [0.25, 0.3) is 5.91 Å². The topological polar surface area (TPSA) is 71.3 Å². The normalized spacial score (nSPS) is 19.1. The molecule has 1 N–H and O–H groups in total. The van der Waals surface area contributed by atoms with Crippen LogP contribution in [0.15, 0.2) is 35.1 Å². The van der Waals surface area contributed by atoms with Gasteiger partial charge in [0.2, 0.25) is 5.76 Å². The number of nitrogens with zero attached hydrogens (tertiary/aromatic N) is 3. The quantitative estimate of drug-likeness (QED) is 0.888. The van der Waals surface area contributed by atoms with Crippen LogP contribution >= 0.6 is 0 Å². The number of pyridine rings is 1. The molecule has 0 spiro atoms. The Morgan fingerprint density at radius 3 is 3.15 bits per heavy atom. The first-order valence-electron chi connectivity index (χ1n) is 6.60. The van der Waals surface area contributed by atoms with Crippen LogP contribution < -0.4 is 5.32 Å². The fraction of sp³-hybridized carbons (Fsp3) is 0.357. The van der Waals surface area contributed by atoms with Gasteiger partial charge in [0.15, 0.2) is 0 Å². The Bertz CT molecular complexity index is 596. The van der Waals surface area contributed by atoms with E-state index < -0.39 is 0 Å². The first-order chi connectivity index (χ1) is 9.75. The molecule has 0 bridgehead atoms. The summed E-state index contributed by atoms with van der Waals surface area (Å²) in [7, 11) is 0. The molecule has 1 aliphatic heterocycles. The number of hydrogen-bond donors (Lipinski definition) is 1. The van der Waals surface area contributed by atoms with E-state index >= 15 is 0 Å². The molecule has 2 aromatic heterocycles. The lowest BCUT2D eigenvalue weighted by molar-refractivity contribution is 0.0591. The van der Waals surface area contributed by atoms with Crippen LogP contribution in [0.1, 0.15) is 27.9 Å². The Kier molecular flexibility index (Phi) is 3.47. The number of carbonyl (C=O) groups is 1. The minimum absolute atomic E-state index is 0.0321.